The molecule has 1 amide bonds. The van der Waals surface area contributed by atoms with Crippen LogP contribution in [0.25, 0.3) is 0 Å². The Balaban J connectivity index is 1.77. The van der Waals surface area contributed by atoms with Crippen molar-refractivity contribution < 1.29 is 18.5 Å². The molecule has 1 aromatic heterocycles. The van der Waals surface area contributed by atoms with Crippen molar-refractivity contribution in [3.8, 4) is 0 Å². The van der Waals surface area contributed by atoms with Crippen LogP contribution in [0.1, 0.15) is 4.88 Å². The zero-order valence-corrected chi connectivity index (χ0v) is 16.0. The third-order valence-electron chi connectivity index (χ3n) is 3.81. The number of thiophene rings is 1. The first-order valence-corrected chi connectivity index (χ1v) is 9.95. The molecule has 28 heavy (non-hydrogen) atoms. The van der Waals surface area contributed by atoms with Crippen LogP contribution in [0.15, 0.2) is 64.9 Å². The van der Waals surface area contributed by atoms with E-state index in [0.29, 0.717) is 4.90 Å². The van der Waals surface area contributed by atoms with Crippen molar-refractivity contribution in [2.45, 2.75) is 11.4 Å². The lowest BCUT2D eigenvalue weighted by atomic mass is 10.2. The fraction of sp³-hybridized carbons (Fsp3) is 0.105. The molecule has 1 heterocycles. The number of halogens is 2. The topological polar surface area (TPSA) is 63.4 Å². The van der Waals surface area contributed by atoms with Crippen molar-refractivity contribution in [3.05, 3.63) is 86.6 Å². The second kappa shape index (κ2) is 8.94. The van der Waals surface area contributed by atoms with Crippen LogP contribution in [0.2, 0.25) is 0 Å². The Kier molecular flexibility index (Phi) is 6.37. The molecule has 0 unspecified atom stereocenters. The molecule has 3 aromatic rings. The van der Waals surface area contributed by atoms with Crippen LogP contribution in [0.4, 0.5) is 20.2 Å². The number of carbonyl (C=O) groups excluding carboxylic acids is 1. The molecule has 0 saturated heterocycles. The normalized spacial score (nSPS) is 10.6. The lowest BCUT2D eigenvalue weighted by Crippen LogP contribution is -2.32. The summed E-state index contributed by atoms with van der Waals surface area (Å²) >= 11 is 2.62. The molecule has 0 aliphatic carbocycles. The molecule has 0 atom stereocenters. The maximum absolute atomic E-state index is 14.3. The Bertz CT molecular complexity index is 979. The van der Waals surface area contributed by atoms with E-state index < -0.39 is 16.6 Å². The summed E-state index contributed by atoms with van der Waals surface area (Å²) in [6.07, 6.45) is 0. The lowest BCUT2D eigenvalue weighted by molar-refractivity contribution is -0.384. The highest BCUT2D eigenvalue weighted by molar-refractivity contribution is 8.00. The van der Waals surface area contributed by atoms with Crippen LogP contribution >= 0.6 is 23.1 Å². The molecule has 0 aliphatic rings. The number of hydrogen-bond acceptors (Lipinski definition) is 5. The predicted octanol–water partition coefficient (Wildman–Crippen LogP) is 5.26. The van der Waals surface area contributed by atoms with Crippen LogP contribution in [0.5, 0.6) is 0 Å². The lowest BCUT2D eigenvalue weighted by Gasteiger charge is -2.23. The van der Waals surface area contributed by atoms with Crippen molar-refractivity contribution in [3.63, 3.8) is 0 Å². The molecule has 0 N–H and O–H groups in total. The summed E-state index contributed by atoms with van der Waals surface area (Å²) in [4.78, 5) is 25.8. The minimum atomic E-state index is -0.815. The van der Waals surface area contributed by atoms with Crippen LogP contribution in [0.3, 0.4) is 0 Å². The average molecular weight is 420 g/mol. The van der Waals surface area contributed by atoms with Gasteiger partial charge >= 0.3 is 0 Å². The fourth-order valence-electron chi connectivity index (χ4n) is 2.45. The van der Waals surface area contributed by atoms with Gasteiger partial charge in [-0.3, -0.25) is 14.9 Å². The SMILES string of the molecule is O=C(CSc1ccc([N+](=O)[O-])cc1)N(Cc1cccs1)c1ccc(F)cc1F. The Labute approximate surface area is 167 Å². The molecule has 5 nitrogen and oxygen atoms in total. The molecular weight excluding hydrogens is 406 g/mol. The van der Waals surface area contributed by atoms with E-state index in [9.17, 15) is 23.7 Å². The number of non-ortho nitro benzene ring substituents is 1. The van der Waals surface area contributed by atoms with Crippen molar-refractivity contribution in [1.82, 2.24) is 0 Å². The Morgan fingerprint density at radius 2 is 1.89 bits per heavy atom. The first-order valence-electron chi connectivity index (χ1n) is 8.09. The summed E-state index contributed by atoms with van der Waals surface area (Å²) in [5.41, 5.74) is -0.0347. The third-order valence-corrected chi connectivity index (χ3v) is 5.66. The maximum atomic E-state index is 14.3. The van der Waals surface area contributed by atoms with Gasteiger partial charge in [0, 0.05) is 28.0 Å². The Hall–Kier alpha value is -2.78. The number of nitro groups is 1. The van der Waals surface area contributed by atoms with Gasteiger partial charge in [0.05, 0.1) is 22.9 Å². The third kappa shape index (κ3) is 4.93. The molecule has 0 fully saturated rings. The largest absolute Gasteiger partial charge is 0.304 e. The smallest absolute Gasteiger partial charge is 0.269 e. The van der Waals surface area contributed by atoms with Gasteiger partial charge in [0.1, 0.15) is 11.6 Å². The maximum Gasteiger partial charge on any atom is 0.269 e. The van der Waals surface area contributed by atoms with E-state index in [1.807, 2.05) is 17.5 Å². The van der Waals surface area contributed by atoms with Gasteiger partial charge in [-0.25, -0.2) is 8.78 Å². The van der Waals surface area contributed by atoms with Gasteiger partial charge in [-0.15, -0.1) is 23.1 Å². The summed E-state index contributed by atoms with van der Waals surface area (Å²) in [5.74, 6) is -1.89. The Morgan fingerprint density at radius 1 is 1.14 bits per heavy atom. The number of hydrogen-bond donors (Lipinski definition) is 0. The van der Waals surface area contributed by atoms with E-state index in [4.69, 9.17) is 0 Å². The molecule has 3 rings (SSSR count). The second-order valence-corrected chi connectivity index (χ2v) is 7.78. The summed E-state index contributed by atoms with van der Waals surface area (Å²) in [6.45, 7) is 0.167. The highest BCUT2D eigenvalue weighted by Gasteiger charge is 2.21. The Morgan fingerprint density at radius 3 is 2.50 bits per heavy atom. The molecule has 9 heteroatoms. The van der Waals surface area contributed by atoms with Crippen LogP contribution in [-0.2, 0) is 11.3 Å². The fourth-order valence-corrected chi connectivity index (χ4v) is 3.92. The van der Waals surface area contributed by atoms with Crippen LogP contribution in [-0.4, -0.2) is 16.6 Å². The zero-order valence-electron chi connectivity index (χ0n) is 14.4. The molecule has 0 aliphatic heterocycles. The molecule has 2 aromatic carbocycles. The van der Waals surface area contributed by atoms with E-state index in [2.05, 4.69) is 0 Å². The summed E-state index contributed by atoms with van der Waals surface area (Å²) < 4.78 is 27.5. The van der Waals surface area contributed by atoms with Gasteiger partial charge in [0.2, 0.25) is 5.91 Å². The van der Waals surface area contributed by atoms with Crippen LogP contribution < -0.4 is 4.90 Å². The minimum absolute atomic E-state index is 0.00000260. The first kappa shape index (κ1) is 20.0. The predicted molar refractivity (Wildman–Crippen MR) is 106 cm³/mol. The average Bonchev–Trinajstić information content (AvgIpc) is 3.18. The number of carbonyl (C=O) groups is 1. The number of benzene rings is 2. The van der Waals surface area contributed by atoms with Gasteiger partial charge in [-0.2, -0.15) is 0 Å². The number of nitrogens with zero attached hydrogens (tertiary/aromatic N) is 2. The second-order valence-electron chi connectivity index (χ2n) is 5.69. The van der Waals surface area contributed by atoms with E-state index in [-0.39, 0.29) is 29.6 Å². The van der Waals surface area contributed by atoms with E-state index in [1.54, 1.807) is 12.1 Å². The zero-order chi connectivity index (χ0) is 20.1. The van der Waals surface area contributed by atoms with Gasteiger partial charge < -0.3 is 4.90 Å². The highest BCUT2D eigenvalue weighted by atomic mass is 32.2. The van der Waals surface area contributed by atoms with E-state index in [1.165, 1.54) is 46.2 Å². The standard InChI is InChI=1S/C19H14F2N2O3S2/c20-13-3-8-18(17(21)10-13)22(11-16-2-1-9-27-16)19(24)12-28-15-6-4-14(5-7-15)23(25)26/h1-10H,11-12H2. The summed E-state index contributed by atoms with van der Waals surface area (Å²) in [5, 5.41) is 12.6. The van der Waals surface area contributed by atoms with Gasteiger partial charge in [0.25, 0.3) is 5.69 Å². The highest BCUT2D eigenvalue weighted by Crippen LogP contribution is 2.27. The van der Waals surface area contributed by atoms with E-state index >= 15 is 0 Å². The molecular formula is C19H14F2N2O3S2. The molecule has 0 spiro atoms. The number of anilines is 1. The quantitative estimate of drug-likeness (QED) is 0.297. The monoisotopic (exact) mass is 420 g/mol. The van der Waals surface area contributed by atoms with Gasteiger partial charge in [-0.1, -0.05) is 6.07 Å². The summed E-state index contributed by atoms with van der Waals surface area (Å²) in [6, 6.07) is 12.6. The van der Waals surface area contributed by atoms with Crippen LogP contribution in [0, 0.1) is 21.7 Å². The van der Waals surface area contributed by atoms with E-state index in [0.717, 1.165) is 17.0 Å². The molecule has 0 radical (unpaired) electrons. The van der Waals surface area contributed by atoms with Crippen molar-refractivity contribution in [2.24, 2.45) is 0 Å². The van der Waals surface area contributed by atoms with Gasteiger partial charge in [0.15, 0.2) is 0 Å². The molecule has 0 saturated carbocycles. The number of thioether (sulfide) groups is 1. The van der Waals surface area contributed by atoms with Gasteiger partial charge in [-0.05, 0) is 35.7 Å². The number of nitro benzene ring substituents is 1. The first-order chi connectivity index (χ1) is 13.4. The number of amides is 1. The van der Waals surface area contributed by atoms with Crippen molar-refractivity contribution >= 4 is 40.4 Å². The van der Waals surface area contributed by atoms with Crippen molar-refractivity contribution in [1.29, 1.82) is 0 Å². The molecule has 144 valence electrons. The molecule has 0 bridgehead atoms. The van der Waals surface area contributed by atoms with Crippen molar-refractivity contribution in [2.75, 3.05) is 10.7 Å². The summed E-state index contributed by atoms with van der Waals surface area (Å²) in [7, 11) is 0. The number of rotatable bonds is 7. The minimum Gasteiger partial charge on any atom is -0.304 e.